The highest BCUT2D eigenvalue weighted by atomic mass is 32.2. The van der Waals surface area contributed by atoms with Gasteiger partial charge in [-0.3, -0.25) is 14.4 Å². The van der Waals surface area contributed by atoms with Gasteiger partial charge in [0.1, 0.15) is 11.9 Å². The highest BCUT2D eigenvalue weighted by Gasteiger charge is 2.51. The van der Waals surface area contributed by atoms with Crippen LogP contribution in [0, 0.1) is 17.7 Å². The topological polar surface area (TPSA) is 138 Å². The monoisotopic (exact) mass is 792 g/mol. The molecule has 0 spiro atoms. The first-order chi connectivity index (χ1) is 26.4. The second kappa shape index (κ2) is 18.2. The molecule has 5 rings (SSSR count). The lowest BCUT2D eigenvalue weighted by molar-refractivity contribution is -0.305. The molecule has 56 heavy (non-hydrogen) atoms. The Hall–Kier alpha value is -4.43. The van der Waals surface area contributed by atoms with Crippen LogP contribution in [0.3, 0.4) is 0 Å². The molecule has 0 radical (unpaired) electrons. The smallest absolute Gasteiger partial charge is 0.303 e. The van der Waals surface area contributed by atoms with Crippen molar-refractivity contribution >= 4 is 39.6 Å². The Labute approximate surface area is 329 Å². The van der Waals surface area contributed by atoms with Crippen LogP contribution in [0.15, 0.2) is 78.9 Å². The van der Waals surface area contributed by atoms with Gasteiger partial charge in [-0.15, -0.1) is 0 Å². The first-order valence-corrected chi connectivity index (χ1v) is 20.9. The summed E-state index contributed by atoms with van der Waals surface area (Å²) >= 11 is 0. The highest BCUT2D eigenvalue weighted by molar-refractivity contribution is 7.88. The molecule has 0 aliphatic carbocycles. The Morgan fingerprint density at radius 1 is 0.982 bits per heavy atom. The summed E-state index contributed by atoms with van der Waals surface area (Å²) in [7, 11) is -3.26. The number of aryl methyl sites for hydroxylation is 1. The Morgan fingerprint density at radius 2 is 1.62 bits per heavy atom. The number of rotatable bonds is 17. The molecule has 4 atom stereocenters. The number of esters is 2. The Balaban J connectivity index is 1.33. The van der Waals surface area contributed by atoms with Crippen LogP contribution in [0.5, 0.6) is 0 Å². The van der Waals surface area contributed by atoms with Crippen LogP contribution >= 0.6 is 0 Å². The molecule has 2 aliphatic heterocycles. The van der Waals surface area contributed by atoms with E-state index in [0.29, 0.717) is 44.2 Å². The van der Waals surface area contributed by atoms with Crippen LogP contribution in [0.25, 0.3) is 6.08 Å². The van der Waals surface area contributed by atoms with Gasteiger partial charge >= 0.3 is 11.9 Å². The molecule has 1 unspecified atom stereocenters. The number of allylic oxidation sites excluding steroid dienone is 1. The number of carbonyl (C=O) groups is 3. The summed E-state index contributed by atoms with van der Waals surface area (Å²) in [6.45, 7) is 9.17. The summed E-state index contributed by atoms with van der Waals surface area (Å²) in [6.07, 6.45) is 7.29. The minimum Gasteiger partial charge on any atom is -0.458 e. The number of amides is 1. The first kappa shape index (κ1) is 42.7. The number of halogens is 1. The number of carbonyl (C=O) groups excluding carboxylic acids is 3. The fourth-order valence-electron chi connectivity index (χ4n) is 7.32. The van der Waals surface area contributed by atoms with E-state index in [1.165, 1.54) is 26.0 Å². The number of nitrogens with one attached hydrogen (secondary N) is 1. The maximum absolute atomic E-state index is 14.1. The van der Waals surface area contributed by atoms with Crippen LogP contribution in [0.4, 0.5) is 10.1 Å². The van der Waals surface area contributed by atoms with Gasteiger partial charge in [0.05, 0.1) is 31.4 Å². The Morgan fingerprint density at radius 3 is 2.21 bits per heavy atom. The van der Waals surface area contributed by atoms with Crippen molar-refractivity contribution in [3.8, 4) is 0 Å². The second-order valence-electron chi connectivity index (χ2n) is 15.3. The van der Waals surface area contributed by atoms with Crippen LogP contribution < -0.4 is 9.62 Å². The third-order valence-corrected chi connectivity index (χ3v) is 10.9. The normalized spacial score (nSPS) is 20.3. The standard InChI is InChI=1S/C43H53FN2O9S/c1-29(26-38(54-30(2)47)34-18-20-36(44)21-19-34)39-40(46(41(39)49)37-22-14-33(15-23-37)11-9-25-45-56(6,50)51)35-16-12-32(13-17-35)10-7-8-24-43(55-31(3)48)27-52-42(4,5)53-28-43/h7,10,12-23,29,38-40,45H,8-9,11,24-28H2,1-6H3/b10-7+/t29-,38-,39?,40+/m0/s1. The van der Waals surface area contributed by atoms with Crippen molar-refractivity contribution in [2.75, 3.05) is 30.9 Å². The van der Waals surface area contributed by atoms with E-state index in [1.54, 1.807) is 17.0 Å². The average Bonchev–Trinajstić information content (AvgIpc) is 3.12. The summed E-state index contributed by atoms with van der Waals surface area (Å²) in [5.41, 5.74) is 3.44. The van der Waals surface area contributed by atoms with E-state index in [2.05, 4.69) is 4.72 Å². The predicted molar refractivity (Wildman–Crippen MR) is 211 cm³/mol. The fourth-order valence-corrected chi connectivity index (χ4v) is 7.84. The number of ether oxygens (including phenoxy) is 4. The number of nitrogens with zero attached hydrogens (tertiary/aromatic N) is 1. The van der Waals surface area contributed by atoms with Crippen molar-refractivity contribution < 1.29 is 46.1 Å². The largest absolute Gasteiger partial charge is 0.458 e. The van der Waals surface area contributed by atoms with Gasteiger partial charge in [-0.05, 0) is 98.4 Å². The van der Waals surface area contributed by atoms with Crippen molar-refractivity contribution in [1.82, 2.24) is 4.72 Å². The molecule has 302 valence electrons. The summed E-state index contributed by atoms with van der Waals surface area (Å²) in [5.74, 6) is -2.70. The summed E-state index contributed by atoms with van der Waals surface area (Å²) < 4.78 is 62.1. The number of anilines is 1. The minimum absolute atomic E-state index is 0.0574. The van der Waals surface area contributed by atoms with E-state index in [4.69, 9.17) is 18.9 Å². The van der Waals surface area contributed by atoms with Gasteiger partial charge < -0.3 is 23.8 Å². The summed E-state index contributed by atoms with van der Waals surface area (Å²) in [4.78, 5) is 39.9. The van der Waals surface area contributed by atoms with E-state index in [-0.39, 0.29) is 37.0 Å². The first-order valence-electron chi connectivity index (χ1n) is 19.0. The second-order valence-corrected chi connectivity index (χ2v) is 17.2. The zero-order valence-corrected chi connectivity index (χ0v) is 33.8. The quantitative estimate of drug-likeness (QED) is 0.0854. The summed E-state index contributed by atoms with van der Waals surface area (Å²) in [6, 6.07) is 21.3. The molecular formula is C43H53FN2O9S. The van der Waals surface area contributed by atoms with Crippen molar-refractivity contribution in [3.05, 3.63) is 107 Å². The minimum atomic E-state index is -3.26. The van der Waals surface area contributed by atoms with Crippen LogP contribution in [-0.2, 0) is 49.8 Å². The lowest BCUT2D eigenvalue weighted by Crippen LogP contribution is -2.57. The summed E-state index contributed by atoms with van der Waals surface area (Å²) in [5, 5.41) is 0. The van der Waals surface area contributed by atoms with E-state index >= 15 is 0 Å². The van der Waals surface area contributed by atoms with E-state index in [9.17, 15) is 27.2 Å². The van der Waals surface area contributed by atoms with Gasteiger partial charge in [0.15, 0.2) is 11.4 Å². The molecule has 13 heteroatoms. The van der Waals surface area contributed by atoms with E-state index in [1.807, 2.05) is 81.5 Å². The third-order valence-electron chi connectivity index (χ3n) is 10.2. The molecule has 1 N–H and O–H groups in total. The Kier molecular flexibility index (Phi) is 13.9. The van der Waals surface area contributed by atoms with Crippen molar-refractivity contribution in [2.45, 2.75) is 90.3 Å². The van der Waals surface area contributed by atoms with Crippen molar-refractivity contribution in [1.29, 1.82) is 0 Å². The van der Waals surface area contributed by atoms with Crippen LogP contribution in [-0.4, -0.2) is 63.7 Å². The molecule has 0 bridgehead atoms. The van der Waals surface area contributed by atoms with Crippen molar-refractivity contribution in [2.24, 2.45) is 11.8 Å². The number of hydrogen-bond donors (Lipinski definition) is 1. The van der Waals surface area contributed by atoms with Gasteiger partial charge in [-0.25, -0.2) is 17.5 Å². The fraction of sp³-hybridized carbons (Fsp3) is 0.465. The average molecular weight is 793 g/mol. The maximum Gasteiger partial charge on any atom is 0.303 e. The lowest BCUT2D eigenvalue weighted by Gasteiger charge is -2.50. The number of hydrogen-bond acceptors (Lipinski definition) is 9. The van der Waals surface area contributed by atoms with E-state index < -0.39 is 45.2 Å². The van der Waals surface area contributed by atoms with Gasteiger partial charge in [-0.2, -0.15) is 0 Å². The molecule has 3 aromatic carbocycles. The molecule has 1 amide bonds. The number of β-lactam (4-membered cyclic amide) rings is 1. The maximum atomic E-state index is 14.1. The zero-order chi connectivity index (χ0) is 40.7. The number of benzene rings is 3. The molecule has 2 saturated heterocycles. The van der Waals surface area contributed by atoms with Gasteiger partial charge in [0.2, 0.25) is 15.9 Å². The van der Waals surface area contributed by atoms with Gasteiger partial charge in [-0.1, -0.05) is 67.6 Å². The van der Waals surface area contributed by atoms with Gasteiger partial charge in [0, 0.05) is 26.1 Å². The molecule has 0 aromatic heterocycles. The lowest BCUT2D eigenvalue weighted by atomic mass is 9.72. The molecule has 11 nitrogen and oxygen atoms in total. The SMILES string of the molecule is CC(=O)O[C@@H](C[C@H](C)C1C(=O)N(c2ccc(CCCNS(C)(=O)=O)cc2)[C@@H]1c1ccc(/C=C/CCC2(OC(C)=O)COC(C)(C)OC2)cc1)c1ccc(F)cc1. The van der Waals surface area contributed by atoms with Crippen LogP contribution in [0.1, 0.15) is 94.7 Å². The Bertz CT molecular complexity index is 1960. The zero-order valence-electron chi connectivity index (χ0n) is 33.0. The molecular weight excluding hydrogens is 740 g/mol. The highest BCUT2D eigenvalue weighted by Crippen LogP contribution is 2.49. The molecule has 2 aliphatic rings. The molecule has 2 heterocycles. The molecule has 2 fully saturated rings. The third kappa shape index (κ3) is 11.6. The van der Waals surface area contributed by atoms with E-state index in [0.717, 1.165) is 28.6 Å². The van der Waals surface area contributed by atoms with Crippen LogP contribution in [0.2, 0.25) is 0 Å². The van der Waals surface area contributed by atoms with Gasteiger partial charge in [0.25, 0.3) is 0 Å². The molecule has 0 saturated carbocycles. The molecule has 3 aromatic rings. The van der Waals surface area contributed by atoms with Crippen molar-refractivity contribution in [3.63, 3.8) is 0 Å². The number of sulfonamides is 1. The predicted octanol–water partition coefficient (Wildman–Crippen LogP) is 7.22.